The zero-order valence-electron chi connectivity index (χ0n) is 20.4. The van der Waals surface area contributed by atoms with Crippen LogP contribution in [0.1, 0.15) is 36.7 Å². The molecule has 0 amide bonds. The van der Waals surface area contributed by atoms with Crippen LogP contribution in [-0.2, 0) is 19.5 Å². The maximum atomic E-state index is 13.4. The molecule has 0 radical (unpaired) electrons. The van der Waals surface area contributed by atoms with Gasteiger partial charge in [0.1, 0.15) is 23.1 Å². The third-order valence-corrected chi connectivity index (χ3v) is 7.36. The van der Waals surface area contributed by atoms with Gasteiger partial charge in [0.15, 0.2) is 5.82 Å². The van der Waals surface area contributed by atoms with Gasteiger partial charge in [0.2, 0.25) is 0 Å². The monoisotopic (exact) mass is 492 g/mol. The summed E-state index contributed by atoms with van der Waals surface area (Å²) in [5, 5.41) is 8.51. The molecule has 4 heterocycles. The van der Waals surface area contributed by atoms with Crippen molar-refractivity contribution in [3.8, 4) is 17.3 Å². The van der Waals surface area contributed by atoms with E-state index in [0.29, 0.717) is 30.4 Å². The van der Waals surface area contributed by atoms with E-state index in [1.165, 1.54) is 37.2 Å². The molecule has 188 valence electrons. The lowest BCUT2D eigenvalue weighted by molar-refractivity contribution is 0.0977. The molecule has 1 saturated heterocycles. The molecule has 1 atom stereocenters. The molecule has 36 heavy (non-hydrogen) atoms. The molecule has 2 aromatic heterocycles. The van der Waals surface area contributed by atoms with E-state index in [9.17, 15) is 8.78 Å². The number of ether oxygens (including phenoxy) is 1. The van der Waals surface area contributed by atoms with E-state index in [1.54, 1.807) is 0 Å². The predicted molar refractivity (Wildman–Crippen MR) is 134 cm³/mol. The van der Waals surface area contributed by atoms with Crippen molar-refractivity contribution in [1.82, 2.24) is 30.0 Å². The lowest BCUT2D eigenvalue weighted by atomic mass is 10.0. The van der Waals surface area contributed by atoms with Crippen molar-refractivity contribution >= 4 is 10.9 Å². The Kier molecular flexibility index (Phi) is 6.18. The average molecular weight is 493 g/mol. The SMILES string of the molecule is CCN1CCCC(N2Cc3nc(-c4n[nH]c5ccc(OCCc6cc(F)cc(F)c6)cc45)[nH]c3C2)C1. The molecule has 7 nitrogen and oxygen atoms in total. The van der Waals surface area contributed by atoms with Crippen LogP contribution in [0.2, 0.25) is 0 Å². The molecule has 0 aliphatic carbocycles. The molecule has 2 N–H and O–H groups in total. The van der Waals surface area contributed by atoms with Crippen LogP contribution in [0.15, 0.2) is 36.4 Å². The first kappa shape index (κ1) is 23.1. The number of fused-ring (bicyclic) bond motifs is 2. The van der Waals surface area contributed by atoms with Crippen molar-refractivity contribution in [3.05, 3.63) is 65.0 Å². The number of imidazole rings is 1. The van der Waals surface area contributed by atoms with E-state index in [1.807, 2.05) is 18.2 Å². The fraction of sp³-hybridized carbons (Fsp3) is 0.407. The molecule has 2 aliphatic heterocycles. The molecule has 0 bridgehead atoms. The third-order valence-electron chi connectivity index (χ3n) is 7.36. The van der Waals surface area contributed by atoms with Gasteiger partial charge in [-0.1, -0.05) is 6.92 Å². The van der Waals surface area contributed by atoms with Gasteiger partial charge in [-0.2, -0.15) is 5.10 Å². The Labute approximate surface area is 208 Å². The highest BCUT2D eigenvalue weighted by molar-refractivity contribution is 5.92. The van der Waals surface area contributed by atoms with E-state index in [0.717, 1.165) is 60.4 Å². The van der Waals surface area contributed by atoms with Crippen molar-refractivity contribution in [2.45, 2.75) is 45.3 Å². The Morgan fingerprint density at radius 3 is 2.78 bits per heavy atom. The molecule has 1 fully saturated rings. The number of H-pyrrole nitrogens is 2. The fourth-order valence-electron chi connectivity index (χ4n) is 5.45. The zero-order chi connectivity index (χ0) is 24.6. The van der Waals surface area contributed by atoms with Gasteiger partial charge in [-0.3, -0.25) is 10.00 Å². The van der Waals surface area contributed by atoms with Crippen molar-refractivity contribution < 1.29 is 13.5 Å². The minimum Gasteiger partial charge on any atom is -0.493 e. The second-order valence-electron chi connectivity index (χ2n) is 9.76. The molecule has 2 aliphatic rings. The number of aromatic amines is 2. The van der Waals surface area contributed by atoms with Crippen molar-refractivity contribution in [3.63, 3.8) is 0 Å². The molecule has 9 heteroatoms. The van der Waals surface area contributed by atoms with Gasteiger partial charge >= 0.3 is 0 Å². The summed E-state index contributed by atoms with van der Waals surface area (Å²) in [7, 11) is 0. The van der Waals surface area contributed by atoms with Gasteiger partial charge in [0.25, 0.3) is 0 Å². The average Bonchev–Trinajstić information content (AvgIpc) is 3.56. The van der Waals surface area contributed by atoms with Crippen LogP contribution < -0.4 is 4.74 Å². The number of nitrogens with one attached hydrogen (secondary N) is 2. The number of piperidine rings is 1. The largest absolute Gasteiger partial charge is 0.493 e. The summed E-state index contributed by atoms with van der Waals surface area (Å²) < 4.78 is 32.7. The third kappa shape index (κ3) is 4.60. The molecule has 2 aromatic carbocycles. The smallest absolute Gasteiger partial charge is 0.159 e. The molecule has 0 saturated carbocycles. The highest BCUT2D eigenvalue weighted by atomic mass is 19.1. The van der Waals surface area contributed by atoms with Gasteiger partial charge in [0, 0.05) is 43.5 Å². The first-order valence-electron chi connectivity index (χ1n) is 12.7. The van der Waals surface area contributed by atoms with Gasteiger partial charge in [-0.05, 0) is 61.8 Å². The Hall–Kier alpha value is -3.30. The van der Waals surface area contributed by atoms with E-state index in [2.05, 4.69) is 31.9 Å². The summed E-state index contributed by atoms with van der Waals surface area (Å²) >= 11 is 0. The fourth-order valence-corrected chi connectivity index (χ4v) is 5.45. The molecular formula is C27H30F2N6O. The van der Waals surface area contributed by atoms with Crippen LogP contribution in [0, 0.1) is 11.6 Å². The summed E-state index contributed by atoms with van der Waals surface area (Å²) in [5.41, 5.74) is 4.49. The van der Waals surface area contributed by atoms with E-state index in [-0.39, 0.29) is 0 Å². The number of aromatic nitrogens is 4. The lowest BCUT2D eigenvalue weighted by Crippen LogP contribution is -2.45. The predicted octanol–water partition coefficient (Wildman–Crippen LogP) is 4.65. The molecule has 4 aromatic rings. The van der Waals surface area contributed by atoms with E-state index >= 15 is 0 Å². The second kappa shape index (κ2) is 9.63. The Morgan fingerprint density at radius 1 is 1.11 bits per heavy atom. The number of nitrogens with zero attached hydrogens (tertiary/aromatic N) is 4. The van der Waals surface area contributed by atoms with Crippen molar-refractivity contribution in [2.24, 2.45) is 0 Å². The van der Waals surface area contributed by atoms with Gasteiger partial charge in [-0.15, -0.1) is 0 Å². The standard InChI is InChI=1S/C27H30F2N6O/c1-2-34-8-3-4-20(14-34)35-15-24-25(16-35)31-27(30-24)26-22-13-21(5-6-23(22)32-33-26)36-9-7-17-10-18(28)12-19(29)11-17/h5-6,10-13,20H,2-4,7-9,14-16H2,1H3,(H,30,31)(H,32,33). The van der Waals surface area contributed by atoms with Crippen LogP contribution in [0.4, 0.5) is 8.78 Å². The number of benzene rings is 2. The first-order valence-corrected chi connectivity index (χ1v) is 12.7. The van der Waals surface area contributed by atoms with Crippen molar-refractivity contribution in [1.29, 1.82) is 0 Å². The van der Waals surface area contributed by atoms with Crippen LogP contribution in [0.25, 0.3) is 22.4 Å². The number of likely N-dealkylation sites (N-methyl/N-ethyl adjacent to an activating group) is 1. The minimum atomic E-state index is -0.579. The summed E-state index contributed by atoms with van der Waals surface area (Å²) in [6, 6.07) is 9.83. The highest BCUT2D eigenvalue weighted by Gasteiger charge is 2.31. The molecular weight excluding hydrogens is 462 g/mol. The molecule has 6 rings (SSSR count). The van der Waals surface area contributed by atoms with Gasteiger partial charge in [0.05, 0.1) is 23.5 Å². The van der Waals surface area contributed by atoms with Gasteiger partial charge < -0.3 is 14.6 Å². The number of hydrogen-bond donors (Lipinski definition) is 2. The van der Waals surface area contributed by atoms with Crippen LogP contribution >= 0.6 is 0 Å². The normalized spacial score (nSPS) is 18.7. The van der Waals surface area contributed by atoms with Crippen LogP contribution in [0.5, 0.6) is 5.75 Å². The maximum Gasteiger partial charge on any atom is 0.159 e. The van der Waals surface area contributed by atoms with Gasteiger partial charge in [-0.25, -0.2) is 13.8 Å². The lowest BCUT2D eigenvalue weighted by Gasteiger charge is -2.36. The number of halogens is 2. The number of likely N-dealkylation sites (tertiary alicyclic amines) is 1. The van der Waals surface area contributed by atoms with Crippen LogP contribution in [-0.4, -0.2) is 62.2 Å². The number of hydrogen-bond acceptors (Lipinski definition) is 5. The summed E-state index contributed by atoms with van der Waals surface area (Å²) in [6.07, 6.45) is 2.91. The van der Waals surface area contributed by atoms with Crippen molar-refractivity contribution in [2.75, 3.05) is 26.2 Å². The first-order chi connectivity index (χ1) is 17.6. The maximum absolute atomic E-state index is 13.4. The quantitative estimate of drug-likeness (QED) is 0.393. The minimum absolute atomic E-state index is 0.309. The summed E-state index contributed by atoms with van der Waals surface area (Å²) in [4.78, 5) is 13.5. The van der Waals surface area contributed by atoms with E-state index < -0.39 is 11.6 Å². The molecule has 0 spiro atoms. The van der Waals surface area contributed by atoms with Crippen LogP contribution in [0.3, 0.4) is 0 Å². The molecule has 1 unspecified atom stereocenters. The number of rotatable bonds is 7. The summed E-state index contributed by atoms with van der Waals surface area (Å²) in [6.45, 7) is 7.75. The topological polar surface area (TPSA) is 73.1 Å². The Morgan fingerprint density at radius 2 is 1.97 bits per heavy atom. The zero-order valence-corrected chi connectivity index (χ0v) is 20.4. The highest BCUT2D eigenvalue weighted by Crippen LogP contribution is 2.32. The Balaban J connectivity index is 1.14. The Bertz CT molecular complexity index is 1340. The second-order valence-corrected chi connectivity index (χ2v) is 9.76. The van der Waals surface area contributed by atoms with E-state index in [4.69, 9.17) is 9.72 Å². The summed E-state index contributed by atoms with van der Waals surface area (Å²) in [5.74, 6) is 0.274.